The van der Waals surface area contributed by atoms with E-state index in [1.54, 1.807) is 25.2 Å². The highest BCUT2D eigenvalue weighted by Crippen LogP contribution is 2.61. The topological polar surface area (TPSA) is 300 Å². The Morgan fingerprint density at radius 1 is 1.24 bits per heavy atom. The number of hydrogen-bond acceptors (Lipinski definition) is 13. The van der Waals surface area contributed by atoms with Crippen molar-refractivity contribution in [3.8, 4) is 0 Å². The molecule has 0 saturated carbocycles. The van der Waals surface area contributed by atoms with Gasteiger partial charge in [0, 0.05) is 19.2 Å². The number of nitrogens with one attached hydrogen (secondary N) is 3. The lowest BCUT2D eigenvalue weighted by Crippen LogP contribution is -2.31. The average Bonchev–Trinajstić information content (AvgIpc) is 3.44. The minimum absolute atomic E-state index is 0.0179. The Balaban J connectivity index is 1.58. The van der Waals surface area contributed by atoms with Crippen LogP contribution >= 0.6 is 23.3 Å². The molecular formula is C18H24N7O13P3. The SMILES string of the molecule is CNc1ccccc1C(=O)O[C@H]1C[C@H](n2cnc3c(=O)[nH]c(N)nc32)O[C@@H]1COP(=O)(O)OP(=O)(O)NP(=O)(O)O. The standard InChI is InChI=1S/C18H24N7O13P3/c1-20-10-5-3-2-4-9(10)17(27)37-11-6-13(25-8-21-14-15(25)22-18(19)23-16(14)26)36-12(11)7-35-41(33,34)38-40(31,32)24-39(28,29)30/h2-5,8,11-13,20H,6-7H2,1H3,(H,33,34)(H3,19,22,23,26)(H4,24,28,29,30,31,32)/t11-,12+,13+/m0/s1. The maximum atomic E-state index is 13.0. The molecule has 1 saturated heterocycles. The van der Waals surface area contributed by atoms with E-state index in [9.17, 15) is 33.1 Å². The number of anilines is 2. The van der Waals surface area contributed by atoms with E-state index in [1.807, 2.05) is 0 Å². The third-order valence-electron chi connectivity index (χ3n) is 5.49. The highest BCUT2D eigenvalue weighted by atomic mass is 31.3. The third kappa shape index (κ3) is 7.65. The first-order valence-electron chi connectivity index (χ1n) is 11.3. The van der Waals surface area contributed by atoms with Crippen molar-refractivity contribution in [1.82, 2.24) is 24.4 Å². The van der Waals surface area contributed by atoms with Crippen molar-refractivity contribution >= 4 is 52.1 Å². The summed E-state index contributed by atoms with van der Waals surface area (Å²) >= 11 is 0. The zero-order valence-electron chi connectivity index (χ0n) is 20.8. The van der Waals surface area contributed by atoms with Gasteiger partial charge in [-0.2, -0.15) is 9.29 Å². The van der Waals surface area contributed by atoms with E-state index in [-0.39, 0.29) is 29.1 Å². The molecule has 224 valence electrons. The number of imidazole rings is 1. The number of rotatable bonds is 11. The minimum Gasteiger partial charge on any atom is -0.456 e. The lowest BCUT2D eigenvalue weighted by molar-refractivity contribution is -0.0488. The van der Waals surface area contributed by atoms with Crippen molar-refractivity contribution in [2.75, 3.05) is 24.7 Å². The van der Waals surface area contributed by atoms with Crippen LogP contribution in [0.3, 0.4) is 0 Å². The van der Waals surface area contributed by atoms with E-state index in [2.05, 4.69) is 24.6 Å². The fourth-order valence-corrected chi connectivity index (χ4v) is 7.33. The number of esters is 1. The minimum atomic E-state index is -5.52. The Hall–Kier alpha value is -2.99. The number of aromatic nitrogens is 4. The monoisotopic (exact) mass is 639 g/mol. The lowest BCUT2D eigenvalue weighted by Gasteiger charge is -2.22. The summed E-state index contributed by atoms with van der Waals surface area (Å²) in [7, 11) is -14.7. The lowest BCUT2D eigenvalue weighted by atomic mass is 10.1. The van der Waals surface area contributed by atoms with E-state index in [0.717, 1.165) is 4.86 Å². The van der Waals surface area contributed by atoms with Gasteiger partial charge >= 0.3 is 29.3 Å². The van der Waals surface area contributed by atoms with Crippen molar-refractivity contribution in [3.05, 3.63) is 46.5 Å². The van der Waals surface area contributed by atoms with E-state index >= 15 is 0 Å². The smallest absolute Gasteiger partial charge is 0.456 e. The molecule has 3 aromatic rings. The number of nitrogens with two attached hydrogens (primary N) is 1. The van der Waals surface area contributed by atoms with Gasteiger partial charge in [0.25, 0.3) is 5.56 Å². The zero-order chi connectivity index (χ0) is 30.2. The van der Waals surface area contributed by atoms with Crippen molar-refractivity contribution in [2.45, 2.75) is 24.9 Å². The van der Waals surface area contributed by atoms with Gasteiger partial charge in [0.1, 0.15) is 18.4 Å². The normalized spacial score (nSPS) is 22.2. The van der Waals surface area contributed by atoms with Crippen LogP contribution in [-0.2, 0) is 32.0 Å². The van der Waals surface area contributed by atoms with Crippen LogP contribution in [0.15, 0.2) is 35.4 Å². The van der Waals surface area contributed by atoms with Crippen LogP contribution in [-0.4, -0.2) is 70.9 Å². The second kappa shape index (κ2) is 11.7. The molecule has 0 amide bonds. The first-order valence-corrected chi connectivity index (χ1v) is 16.0. The second-order valence-corrected chi connectivity index (χ2v) is 13.2. The molecule has 1 fully saturated rings. The highest BCUT2D eigenvalue weighted by molar-refractivity contribution is 7.70. The number of phosphoric ester groups is 1. The fourth-order valence-electron chi connectivity index (χ4n) is 3.89. The van der Waals surface area contributed by atoms with Crippen LogP contribution < -0.4 is 21.5 Å². The molecule has 2 aromatic heterocycles. The van der Waals surface area contributed by atoms with Gasteiger partial charge in [-0.05, 0) is 12.1 Å². The average molecular weight is 639 g/mol. The number of para-hydroxylation sites is 1. The predicted octanol–water partition coefficient (Wildman–Crippen LogP) is 0.173. The first kappa shape index (κ1) is 31.0. The van der Waals surface area contributed by atoms with Gasteiger partial charge in [0.05, 0.1) is 18.5 Å². The molecule has 9 N–H and O–H groups in total. The number of ether oxygens (including phenoxy) is 2. The summed E-state index contributed by atoms with van der Waals surface area (Å²) in [5.41, 5.74) is 5.52. The van der Waals surface area contributed by atoms with E-state index in [4.69, 9.17) is 29.5 Å². The Kier molecular flexibility index (Phi) is 8.84. The van der Waals surface area contributed by atoms with Gasteiger partial charge in [-0.25, -0.2) is 23.5 Å². The number of H-pyrrole nitrogens is 1. The quantitative estimate of drug-likeness (QED) is 0.102. The van der Waals surface area contributed by atoms with Gasteiger partial charge in [-0.15, -0.1) is 4.86 Å². The van der Waals surface area contributed by atoms with Gasteiger partial charge in [-0.3, -0.25) is 18.9 Å². The summed E-state index contributed by atoms with van der Waals surface area (Å²) in [5.74, 6) is -1.03. The number of phosphoric acid groups is 1. The molecule has 23 heteroatoms. The second-order valence-electron chi connectivity index (χ2n) is 8.39. The molecule has 1 aromatic carbocycles. The Morgan fingerprint density at radius 3 is 2.63 bits per heavy atom. The summed E-state index contributed by atoms with van der Waals surface area (Å²) in [4.78, 5) is 73.4. The molecule has 0 aliphatic carbocycles. The van der Waals surface area contributed by atoms with Crippen molar-refractivity contribution < 1.29 is 56.4 Å². The van der Waals surface area contributed by atoms with Crippen LogP contribution in [0.5, 0.6) is 0 Å². The Labute approximate surface area is 229 Å². The zero-order valence-corrected chi connectivity index (χ0v) is 23.4. The summed E-state index contributed by atoms with van der Waals surface area (Å²) < 4.78 is 56.6. The largest absolute Gasteiger partial charge is 0.480 e. The Bertz CT molecular complexity index is 1660. The number of hydrogen-bond donors (Lipinski definition) is 8. The van der Waals surface area contributed by atoms with Gasteiger partial charge < -0.3 is 40.1 Å². The number of aromatic amines is 1. The van der Waals surface area contributed by atoms with Crippen LogP contribution in [0.4, 0.5) is 11.6 Å². The number of fused-ring (bicyclic) bond motifs is 1. The molecule has 1 aliphatic heterocycles. The van der Waals surface area contributed by atoms with Crippen molar-refractivity contribution in [3.63, 3.8) is 0 Å². The molecule has 0 bridgehead atoms. The molecule has 0 spiro atoms. The summed E-state index contributed by atoms with van der Waals surface area (Å²) in [6, 6.07) is 6.38. The number of carbonyl (C=O) groups is 1. The third-order valence-corrected chi connectivity index (χ3v) is 9.73. The molecule has 2 unspecified atom stereocenters. The van der Waals surface area contributed by atoms with Gasteiger partial charge in [0.2, 0.25) is 5.95 Å². The number of benzene rings is 1. The molecule has 4 rings (SSSR count). The van der Waals surface area contributed by atoms with Gasteiger partial charge in [-0.1, -0.05) is 12.1 Å². The van der Waals surface area contributed by atoms with Crippen LogP contribution in [0.2, 0.25) is 0 Å². The molecular weight excluding hydrogens is 615 g/mol. The number of nitrogen functional groups attached to an aromatic ring is 1. The molecule has 41 heavy (non-hydrogen) atoms. The number of nitrogens with zero attached hydrogens (tertiary/aromatic N) is 3. The molecule has 3 heterocycles. The highest BCUT2D eigenvalue weighted by Gasteiger charge is 2.44. The van der Waals surface area contributed by atoms with E-state index in [1.165, 1.54) is 17.0 Å². The van der Waals surface area contributed by atoms with Crippen LogP contribution in [0, 0.1) is 0 Å². The predicted molar refractivity (Wildman–Crippen MR) is 138 cm³/mol. The summed E-state index contributed by atoms with van der Waals surface area (Å²) in [6.07, 6.45) is -2.43. The van der Waals surface area contributed by atoms with Crippen LogP contribution in [0.25, 0.3) is 11.2 Å². The van der Waals surface area contributed by atoms with Crippen LogP contribution in [0.1, 0.15) is 23.0 Å². The van der Waals surface area contributed by atoms with E-state index < -0.39 is 59.9 Å². The Morgan fingerprint density at radius 2 is 1.95 bits per heavy atom. The van der Waals surface area contributed by atoms with E-state index in [0.29, 0.717) is 5.69 Å². The first-order chi connectivity index (χ1) is 19.1. The van der Waals surface area contributed by atoms with Crippen molar-refractivity contribution in [2.24, 2.45) is 0 Å². The summed E-state index contributed by atoms with van der Waals surface area (Å²) in [6.45, 7) is -0.880. The van der Waals surface area contributed by atoms with Crippen molar-refractivity contribution in [1.29, 1.82) is 0 Å². The molecule has 5 atom stereocenters. The molecule has 1 aliphatic rings. The summed E-state index contributed by atoms with van der Waals surface area (Å²) in [5, 5.41) is 2.84. The molecule has 0 radical (unpaired) electrons. The van der Waals surface area contributed by atoms with Gasteiger partial charge in [0.15, 0.2) is 11.2 Å². The molecule has 20 nitrogen and oxygen atoms in total. The number of carbonyl (C=O) groups excluding carboxylic acids is 1. The fraction of sp³-hybridized carbons (Fsp3) is 0.333. The maximum Gasteiger partial charge on any atom is 0.480 e. The maximum absolute atomic E-state index is 13.0.